The zero-order valence-electron chi connectivity index (χ0n) is 8.08. The smallest absolute Gasteiger partial charge is 0.148 e. The topological polar surface area (TPSA) is 12.5 Å². The Morgan fingerprint density at radius 1 is 1.14 bits per heavy atom. The van der Waals surface area contributed by atoms with Crippen LogP contribution >= 0.6 is 15.9 Å². The van der Waals surface area contributed by atoms with Gasteiger partial charge in [-0.25, -0.2) is 0 Å². The van der Waals surface area contributed by atoms with Crippen molar-refractivity contribution in [2.45, 2.75) is 19.3 Å². The number of halogens is 1. The van der Waals surface area contributed by atoms with Gasteiger partial charge in [0, 0.05) is 17.6 Å². The van der Waals surface area contributed by atoms with E-state index in [0.717, 1.165) is 23.3 Å². The normalized spacial score (nSPS) is 18.1. The number of hydrogen-bond donors (Lipinski definition) is 0. The Kier molecular flexibility index (Phi) is 3.43. The molecule has 0 bridgehead atoms. The highest BCUT2D eigenvalue weighted by Crippen LogP contribution is 2.20. The molecule has 2 nitrogen and oxygen atoms in total. The first-order valence-corrected chi connectivity index (χ1v) is 5.82. The Hall–Kier alpha value is -0.540. The van der Waals surface area contributed by atoms with Gasteiger partial charge in [0.05, 0.1) is 0 Å². The van der Waals surface area contributed by atoms with Gasteiger partial charge in [-0.2, -0.15) is 0 Å². The lowest BCUT2D eigenvalue weighted by Gasteiger charge is -2.25. The molecule has 0 aliphatic carbocycles. The van der Waals surface area contributed by atoms with Crippen molar-refractivity contribution in [2.75, 3.05) is 13.1 Å². The van der Waals surface area contributed by atoms with Crippen LogP contribution in [0.2, 0.25) is 0 Å². The van der Waals surface area contributed by atoms with E-state index in [1.807, 2.05) is 29.3 Å². The summed E-state index contributed by atoms with van der Waals surface area (Å²) in [5.41, 5.74) is 0. The highest BCUT2D eigenvalue weighted by molar-refractivity contribution is 9.10. The van der Waals surface area contributed by atoms with Crippen LogP contribution in [0.5, 0.6) is 5.75 Å². The molecule has 0 radical (unpaired) electrons. The van der Waals surface area contributed by atoms with E-state index in [2.05, 4.69) is 15.9 Å². The second kappa shape index (κ2) is 4.80. The van der Waals surface area contributed by atoms with Crippen molar-refractivity contribution in [3.8, 4) is 5.75 Å². The lowest BCUT2D eigenvalue weighted by molar-refractivity contribution is -0.0720. The van der Waals surface area contributed by atoms with Crippen LogP contribution in [0.25, 0.3) is 0 Å². The van der Waals surface area contributed by atoms with Gasteiger partial charge in [-0.05, 0) is 31.0 Å². The fourth-order valence-electron chi connectivity index (χ4n) is 1.63. The van der Waals surface area contributed by atoms with E-state index in [0.29, 0.717) is 0 Å². The Morgan fingerprint density at radius 3 is 2.64 bits per heavy atom. The monoisotopic (exact) mass is 255 g/mol. The number of nitrogens with zero attached hydrogens (tertiary/aromatic N) is 1. The third kappa shape index (κ3) is 2.72. The number of benzene rings is 1. The van der Waals surface area contributed by atoms with Gasteiger partial charge in [-0.1, -0.05) is 28.4 Å². The summed E-state index contributed by atoms with van der Waals surface area (Å²) in [5.74, 6) is 0.918. The van der Waals surface area contributed by atoms with Crippen LogP contribution in [0.1, 0.15) is 19.3 Å². The lowest BCUT2D eigenvalue weighted by Crippen LogP contribution is -2.32. The van der Waals surface area contributed by atoms with Crippen LogP contribution in [0.4, 0.5) is 0 Å². The Labute approximate surface area is 92.9 Å². The third-order valence-electron chi connectivity index (χ3n) is 2.35. The molecule has 1 aliphatic rings. The van der Waals surface area contributed by atoms with Crippen LogP contribution < -0.4 is 4.84 Å². The van der Waals surface area contributed by atoms with Gasteiger partial charge in [-0.15, -0.1) is 5.06 Å². The van der Waals surface area contributed by atoms with E-state index in [9.17, 15) is 0 Å². The molecular weight excluding hydrogens is 242 g/mol. The average Bonchev–Trinajstić information content (AvgIpc) is 2.19. The predicted molar refractivity (Wildman–Crippen MR) is 60.2 cm³/mol. The molecule has 0 aromatic heterocycles. The molecule has 2 rings (SSSR count). The quantitative estimate of drug-likeness (QED) is 0.805. The van der Waals surface area contributed by atoms with Crippen LogP contribution in [0, 0.1) is 0 Å². The lowest BCUT2D eigenvalue weighted by atomic mass is 10.2. The van der Waals surface area contributed by atoms with Crippen LogP contribution in [-0.2, 0) is 0 Å². The van der Waals surface area contributed by atoms with E-state index in [-0.39, 0.29) is 0 Å². The number of piperidine rings is 1. The molecule has 0 spiro atoms. The van der Waals surface area contributed by atoms with Crippen LogP contribution in [0.15, 0.2) is 28.7 Å². The summed E-state index contributed by atoms with van der Waals surface area (Å²) >= 11 is 3.43. The minimum absolute atomic E-state index is 0.918. The van der Waals surface area contributed by atoms with Gasteiger partial charge < -0.3 is 4.84 Å². The molecule has 1 aromatic carbocycles. The molecular formula is C11H14BrNO. The van der Waals surface area contributed by atoms with Gasteiger partial charge in [0.1, 0.15) is 5.75 Å². The third-order valence-corrected chi connectivity index (χ3v) is 2.84. The molecule has 1 heterocycles. The zero-order valence-corrected chi connectivity index (χ0v) is 9.66. The first-order valence-electron chi connectivity index (χ1n) is 5.03. The van der Waals surface area contributed by atoms with E-state index < -0.39 is 0 Å². The van der Waals surface area contributed by atoms with Gasteiger partial charge in [0.15, 0.2) is 0 Å². The number of hydrogen-bond acceptors (Lipinski definition) is 2. The van der Waals surface area contributed by atoms with Crippen molar-refractivity contribution in [1.82, 2.24) is 5.06 Å². The summed E-state index contributed by atoms with van der Waals surface area (Å²) < 4.78 is 1.06. The molecule has 0 N–H and O–H groups in total. The SMILES string of the molecule is Brc1cccc(ON2CCCCC2)c1. The standard InChI is InChI=1S/C11H14BrNO/c12-10-5-4-6-11(9-10)14-13-7-2-1-3-8-13/h4-6,9H,1-3,7-8H2. The van der Waals surface area contributed by atoms with E-state index in [1.165, 1.54) is 19.3 Å². The molecule has 0 amide bonds. The molecule has 0 unspecified atom stereocenters. The van der Waals surface area contributed by atoms with Crippen molar-refractivity contribution in [1.29, 1.82) is 0 Å². The van der Waals surface area contributed by atoms with E-state index in [4.69, 9.17) is 4.84 Å². The van der Waals surface area contributed by atoms with Crippen molar-refractivity contribution in [2.24, 2.45) is 0 Å². The number of rotatable bonds is 2. The van der Waals surface area contributed by atoms with Gasteiger partial charge >= 0.3 is 0 Å². The van der Waals surface area contributed by atoms with Gasteiger partial charge in [-0.3, -0.25) is 0 Å². The van der Waals surface area contributed by atoms with Crippen LogP contribution in [0.3, 0.4) is 0 Å². The minimum Gasteiger partial charge on any atom is -0.406 e. The Bertz CT molecular complexity index is 297. The van der Waals surface area contributed by atoms with Crippen molar-refractivity contribution in [3.63, 3.8) is 0 Å². The first-order chi connectivity index (χ1) is 6.84. The molecule has 14 heavy (non-hydrogen) atoms. The summed E-state index contributed by atoms with van der Waals surface area (Å²) in [5, 5.41) is 2.05. The molecule has 1 saturated heterocycles. The van der Waals surface area contributed by atoms with E-state index >= 15 is 0 Å². The minimum atomic E-state index is 0.918. The maximum absolute atomic E-state index is 5.74. The highest BCUT2D eigenvalue weighted by Gasteiger charge is 2.11. The molecule has 76 valence electrons. The Balaban J connectivity index is 1.95. The molecule has 0 saturated carbocycles. The first kappa shape index (κ1) is 9.99. The van der Waals surface area contributed by atoms with Crippen LogP contribution in [-0.4, -0.2) is 18.2 Å². The summed E-state index contributed by atoms with van der Waals surface area (Å²) in [7, 11) is 0. The average molecular weight is 256 g/mol. The fraction of sp³-hybridized carbons (Fsp3) is 0.455. The maximum Gasteiger partial charge on any atom is 0.148 e. The van der Waals surface area contributed by atoms with Crippen molar-refractivity contribution in [3.05, 3.63) is 28.7 Å². The molecule has 1 aliphatic heterocycles. The summed E-state index contributed by atoms with van der Waals surface area (Å²) in [4.78, 5) is 5.74. The fourth-order valence-corrected chi connectivity index (χ4v) is 2.01. The maximum atomic E-state index is 5.74. The van der Waals surface area contributed by atoms with Crippen molar-refractivity contribution >= 4 is 15.9 Å². The summed E-state index contributed by atoms with van der Waals surface area (Å²) in [6.45, 7) is 2.10. The van der Waals surface area contributed by atoms with E-state index in [1.54, 1.807) is 0 Å². The van der Waals surface area contributed by atoms with Crippen molar-refractivity contribution < 1.29 is 4.84 Å². The second-order valence-electron chi connectivity index (χ2n) is 3.54. The second-order valence-corrected chi connectivity index (χ2v) is 4.45. The van der Waals surface area contributed by atoms with Gasteiger partial charge in [0.2, 0.25) is 0 Å². The predicted octanol–water partition coefficient (Wildman–Crippen LogP) is 3.23. The zero-order chi connectivity index (χ0) is 9.80. The molecule has 1 aromatic rings. The summed E-state index contributed by atoms with van der Waals surface area (Å²) in [6, 6.07) is 7.97. The molecule has 0 atom stereocenters. The molecule has 1 fully saturated rings. The van der Waals surface area contributed by atoms with Gasteiger partial charge in [0.25, 0.3) is 0 Å². The highest BCUT2D eigenvalue weighted by atomic mass is 79.9. The Morgan fingerprint density at radius 2 is 1.93 bits per heavy atom. The molecule has 3 heteroatoms. The largest absolute Gasteiger partial charge is 0.406 e. The number of hydroxylamine groups is 2. The summed E-state index contributed by atoms with van der Waals surface area (Å²) in [6.07, 6.45) is 3.82.